The lowest BCUT2D eigenvalue weighted by atomic mass is 9.87. The minimum Gasteiger partial charge on any atom is -0.373 e. The smallest absolute Gasteiger partial charge is 0.123 e. The fourth-order valence-electron chi connectivity index (χ4n) is 2.78. The first-order valence-corrected chi connectivity index (χ1v) is 7.30. The molecule has 0 aliphatic carbocycles. The van der Waals surface area contributed by atoms with Crippen LogP contribution in [-0.4, -0.2) is 19.7 Å². The molecule has 0 aromatic heterocycles. The minimum atomic E-state index is -0.171. The zero-order chi connectivity index (χ0) is 13.7. The van der Waals surface area contributed by atoms with E-state index in [-0.39, 0.29) is 11.9 Å². The Balaban J connectivity index is 2.11. The highest BCUT2D eigenvalue weighted by molar-refractivity contribution is 5.29. The van der Waals surface area contributed by atoms with Gasteiger partial charge < -0.3 is 10.1 Å². The molecule has 1 aliphatic heterocycles. The predicted molar refractivity (Wildman–Crippen MR) is 75.7 cm³/mol. The molecule has 1 aromatic carbocycles. The van der Waals surface area contributed by atoms with Crippen LogP contribution in [-0.2, 0) is 4.74 Å². The lowest BCUT2D eigenvalue weighted by molar-refractivity contribution is -0.0281. The maximum atomic E-state index is 13.5. The Bertz CT molecular complexity index is 408. The molecule has 0 spiro atoms. The second-order valence-corrected chi connectivity index (χ2v) is 5.40. The van der Waals surface area contributed by atoms with Crippen molar-refractivity contribution in [3.05, 3.63) is 35.1 Å². The molecule has 1 saturated heterocycles. The van der Waals surface area contributed by atoms with Crippen molar-refractivity contribution >= 4 is 0 Å². The second-order valence-electron chi connectivity index (χ2n) is 5.40. The molecule has 1 aromatic rings. The van der Waals surface area contributed by atoms with Gasteiger partial charge in [-0.15, -0.1) is 0 Å². The first kappa shape index (κ1) is 14.5. The Kier molecular flexibility index (Phi) is 5.34. The zero-order valence-corrected chi connectivity index (χ0v) is 11.9. The van der Waals surface area contributed by atoms with Gasteiger partial charge in [-0.1, -0.05) is 13.0 Å². The van der Waals surface area contributed by atoms with Gasteiger partial charge in [0.05, 0.1) is 6.10 Å². The number of hydrogen-bond acceptors (Lipinski definition) is 2. The zero-order valence-electron chi connectivity index (χ0n) is 11.9. The van der Waals surface area contributed by atoms with Crippen LogP contribution in [0, 0.1) is 18.7 Å². The van der Waals surface area contributed by atoms with Crippen molar-refractivity contribution in [2.75, 3.05) is 19.7 Å². The highest BCUT2D eigenvalue weighted by atomic mass is 19.1. The molecule has 0 radical (unpaired) electrons. The largest absolute Gasteiger partial charge is 0.373 e. The Morgan fingerprint density at radius 3 is 3.05 bits per heavy atom. The third kappa shape index (κ3) is 3.77. The van der Waals surface area contributed by atoms with E-state index < -0.39 is 0 Å². The van der Waals surface area contributed by atoms with Crippen molar-refractivity contribution in [1.29, 1.82) is 0 Å². The average Bonchev–Trinajstić information content (AvgIpc) is 2.42. The van der Waals surface area contributed by atoms with E-state index in [1.165, 1.54) is 6.07 Å². The molecule has 1 fully saturated rings. The van der Waals surface area contributed by atoms with Crippen molar-refractivity contribution in [2.24, 2.45) is 5.92 Å². The van der Waals surface area contributed by atoms with Gasteiger partial charge in [-0.3, -0.25) is 0 Å². The number of halogens is 1. The Morgan fingerprint density at radius 2 is 2.26 bits per heavy atom. The van der Waals surface area contributed by atoms with Gasteiger partial charge in [-0.05, 0) is 56.0 Å². The van der Waals surface area contributed by atoms with E-state index in [2.05, 4.69) is 12.2 Å². The van der Waals surface area contributed by atoms with Crippen LogP contribution in [0.1, 0.15) is 43.4 Å². The molecule has 1 aliphatic rings. The molecule has 2 rings (SSSR count). The number of aryl methyl sites for hydroxylation is 1. The first-order chi connectivity index (χ1) is 9.22. The maximum absolute atomic E-state index is 13.5. The molecule has 3 heteroatoms. The van der Waals surface area contributed by atoms with E-state index >= 15 is 0 Å². The van der Waals surface area contributed by atoms with Crippen LogP contribution < -0.4 is 5.32 Å². The molecular weight excluding hydrogens is 241 g/mol. The lowest BCUT2D eigenvalue weighted by Crippen LogP contribution is -2.32. The van der Waals surface area contributed by atoms with Crippen molar-refractivity contribution < 1.29 is 9.13 Å². The molecule has 0 amide bonds. The van der Waals surface area contributed by atoms with Crippen molar-refractivity contribution in [3.8, 4) is 0 Å². The molecule has 106 valence electrons. The molecule has 19 heavy (non-hydrogen) atoms. The first-order valence-electron chi connectivity index (χ1n) is 7.30. The molecule has 0 bridgehead atoms. The molecule has 2 unspecified atom stereocenters. The van der Waals surface area contributed by atoms with Gasteiger partial charge >= 0.3 is 0 Å². The number of hydrogen-bond donors (Lipinski definition) is 1. The third-order valence-corrected chi connectivity index (χ3v) is 3.83. The Morgan fingerprint density at radius 1 is 1.42 bits per heavy atom. The van der Waals surface area contributed by atoms with Crippen LogP contribution in [0.3, 0.4) is 0 Å². The van der Waals surface area contributed by atoms with Crippen LogP contribution in [0.4, 0.5) is 4.39 Å². The standard InChI is InChI=1S/C16H24FNO/c1-3-8-18-11-13-5-4-9-19-16(13)15-10-14(17)7-6-12(15)2/h6-7,10,13,16,18H,3-5,8-9,11H2,1-2H3. The van der Waals surface area contributed by atoms with E-state index in [0.717, 1.165) is 50.1 Å². The fraction of sp³-hybridized carbons (Fsp3) is 0.625. The molecule has 2 nitrogen and oxygen atoms in total. The Labute approximate surface area is 115 Å². The maximum Gasteiger partial charge on any atom is 0.123 e. The van der Waals surface area contributed by atoms with Crippen molar-refractivity contribution in [3.63, 3.8) is 0 Å². The Hall–Kier alpha value is -0.930. The van der Waals surface area contributed by atoms with Crippen LogP contribution >= 0.6 is 0 Å². The summed E-state index contributed by atoms with van der Waals surface area (Å²) in [5.41, 5.74) is 2.14. The van der Waals surface area contributed by atoms with Gasteiger partial charge in [0, 0.05) is 19.1 Å². The van der Waals surface area contributed by atoms with E-state index in [1.807, 2.05) is 13.0 Å². The summed E-state index contributed by atoms with van der Waals surface area (Å²) in [5, 5.41) is 3.46. The molecule has 1 N–H and O–H groups in total. The summed E-state index contributed by atoms with van der Waals surface area (Å²) >= 11 is 0. The number of ether oxygens (including phenoxy) is 1. The van der Waals surface area contributed by atoms with Crippen molar-refractivity contribution in [2.45, 2.75) is 39.2 Å². The van der Waals surface area contributed by atoms with E-state index in [1.54, 1.807) is 6.07 Å². The summed E-state index contributed by atoms with van der Waals surface area (Å²) in [5.74, 6) is 0.274. The molecule has 0 saturated carbocycles. The molecule has 1 heterocycles. The van der Waals surface area contributed by atoms with Crippen molar-refractivity contribution in [1.82, 2.24) is 5.32 Å². The topological polar surface area (TPSA) is 21.3 Å². The highest BCUT2D eigenvalue weighted by Crippen LogP contribution is 2.35. The normalized spacial score (nSPS) is 23.5. The summed E-state index contributed by atoms with van der Waals surface area (Å²) in [4.78, 5) is 0. The van der Waals surface area contributed by atoms with E-state index in [0.29, 0.717) is 5.92 Å². The SMILES string of the molecule is CCCNCC1CCCOC1c1cc(F)ccc1C. The van der Waals surface area contributed by atoms with Gasteiger partial charge in [0.25, 0.3) is 0 Å². The summed E-state index contributed by atoms with van der Waals surface area (Å²) in [6, 6.07) is 5.00. The fourth-order valence-corrected chi connectivity index (χ4v) is 2.78. The quantitative estimate of drug-likeness (QED) is 0.821. The number of nitrogens with one attached hydrogen (secondary N) is 1. The minimum absolute atomic E-state index is 0.0359. The predicted octanol–water partition coefficient (Wildman–Crippen LogP) is 3.60. The molecule has 2 atom stereocenters. The monoisotopic (exact) mass is 265 g/mol. The summed E-state index contributed by atoms with van der Waals surface area (Å²) < 4.78 is 19.4. The van der Waals surface area contributed by atoms with Crippen LogP contribution in [0.15, 0.2) is 18.2 Å². The van der Waals surface area contributed by atoms with Gasteiger partial charge in [0.15, 0.2) is 0 Å². The van der Waals surface area contributed by atoms with Crippen LogP contribution in [0.25, 0.3) is 0 Å². The summed E-state index contributed by atoms with van der Waals surface area (Å²) in [6.45, 7) is 6.96. The number of benzene rings is 1. The average molecular weight is 265 g/mol. The van der Waals surface area contributed by atoms with Gasteiger partial charge in [0.2, 0.25) is 0 Å². The van der Waals surface area contributed by atoms with Gasteiger partial charge in [0.1, 0.15) is 5.82 Å². The van der Waals surface area contributed by atoms with E-state index in [4.69, 9.17) is 4.74 Å². The van der Waals surface area contributed by atoms with Crippen LogP contribution in [0.5, 0.6) is 0 Å². The van der Waals surface area contributed by atoms with E-state index in [9.17, 15) is 4.39 Å². The summed E-state index contributed by atoms with van der Waals surface area (Å²) in [6.07, 6.45) is 3.42. The highest BCUT2D eigenvalue weighted by Gasteiger charge is 2.28. The van der Waals surface area contributed by atoms with Gasteiger partial charge in [-0.2, -0.15) is 0 Å². The van der Waals surface area contributed by atoms with Gasteiger partial charge in [-0.25, -0.2) is 4.39 Å². The number of rotatable bonds is 5. The summed E-state index contributed by atoms with van der Waals surface area (Å²) in [7, 11) is 0. The molecular formula is C16H24FNO. The second kappa shape index (κ2) is 7.01. The third-order valence-electron chi connectivity index (χ3n) is 3.83. The van der Waals surface area contributed by atoms with Crippen LogP contribution in [0.2, 0.25) is 0 Å². The lowest BCUT2D eigenvalue weighted by Gasteiger charge is -2.33.